The minimum Gasteiger partial charge on any atom is -0.486 e. The molecule has 0 bridgehead atoms. The largest absolute Gasteiger partial charge is 0.486 e. The summed E-state index contributed by atoms with van der Waals surface area (Å²) in [4.78, 5) is 16.2. The van der Waals surface area contributed by atoms with Crippen LogP contribution in [0.25, 0.3) is 6.08 Å². The van der Waals surface area contributed by atoms with E-state index in [9.17, 15) is 4.79 Å². The second kappa shape index (κ2) is 7.05. The van der Waals surface area contributed by atoms with Gasteiger partial charge in [0.2, 0.25) is 5.91 Å². The van der Waals surface area contributed by atoms with E-state index in [-0.39, 0.29) is 11.5 Å². The molecule has 0 atom stereocenters. The van der Waals surface area contributed by atoms with E-state index in [1.807, 2.05) is 27.7 Å². The van der Waals surface area contributed by atoms with Gasteiger partial charge in [-0.25, -0.2) is 0 Å². The van der Waals surface area contributed by atoms with Crippen LogP contribution in [0.1, 0.15) is 32.0 Å². The molecule has 2 aromatic heterocycles. The van der Waals surface area contributed by atoms with Gasteiger partial charge in [-0.05, 0) is 33.8 Å². The lowest BCUT2D eigenvalue weighted by atomic mass is 10.2. The average Bonchev–Trinajstić information content (AvgIpc) is 2.71. The molecule has 0 saturated carbocycles. The van der Waals surface area contributed by atoms with Crippen LogP contribution in [0.3, 0.4) is 0 Å². The molecule has 2 rings (SSSR count). The fraction of sp³-hybridized carbons (Fsp3) is 0.353. The number of aryl methyl sites for hydroxylation is 2. The van der Waals surface area contributed by atoms with Crippen molar-refractivity contribution in [3.8, 4) is 5.75 Å². The summed E-state index contributed by atoms with van der Waals surface area (Å²) in [5.41, 5.74) is 1.60. The molecule has 0 radical (unpaired) electrons. The molecule has 0 aromatic carbocycles. The zero-order valence-corrected chi connectivity index (χ0v) is 15.2. The summed E-state index contributed by atoms with van der Waals surface area (Å²) in [7, 11) is 1.75. The maximum atomic E-state index is 12.2. The molecule has 1 amide bonds. The molecule has 0 saturated heterocycles. The minimum atomic E-state index is -0.378. The standard InChI is InChI=1S/C17H21ClN4O2/c1-11-12(16(18)22(5)21-11)6-7-15(23)20-13-10-19-9-8-14(13)24-17(2,3)4/h6-10H,1-5H3,(H,20,23)/b7-6+. The number of hydrogen-bond acceptors (Lipinski definition) is 4. The quantitative estimate of drug-likeness (QED) is 0.857. The van der Waals surface area contributed by atoms with Gasteiger partial charge in [0.1, 0.15) is 22.2 Å². The van der Waals surface area contributed by atoms with Crippen molar-refractivity contribution in [3.05, 3.63) is 40.9 Å². The lowest BCUT2D eigenvalue weighted by Crippen LogP contribution is -2.24. The van der Waals surface area contributed by atoms with Gasteiger partial charge in [-0.2, -0.15) is 5.10 Å². The summed E-state index contributed by atoms with van der Waals surface area (Å²) < 4.78 is 7.39. The fourth-order valence-corrected chi connectivity index (χ4v) is 2.30. The predicted molar refractivity (Wildman–Crippen MR) is 95.2 cm³/mol. The predicted octanol–water partition coefficient (Wildman–Crippen LogP) is 3.61. The lowest BCUT2D eigenvalue weighted by molar-refractivity contribution is -0.111. The average molecular weight is 349 g/mol. The maximum Gasteiger partial charge on any atom is 0.248 e. The number of pyridine rings is 1. The van der Waals surface area contributed by atoms with Gasteiger partial charge in [-0.15, -0.1) is 0 Å². The molecular weight excluding hydrogens is 328 g/mol. The van der Waals surface area contributed by atoms with Gasteiger partial charge in [-0.3, -0.25) is 14.5 Å². The number of nitrogens with zero attached hydrogens (tertiary/aromatic N) is 3. The van der Waals surface area contributed by atoms with Gasteiger partial charge in [-0.1, -0.05) is 11.6 Å². The van der Waals surface area contributed by atoms with Crippen LogP contribution < -0.4 is 10.1 Å². The van der Waals surface area contributed by atoms with E-state index < -0.39 is 0 Å². The molecular formula is C17H21ClN4O2. The van der Waals surface area contributed by atoms with Crippen molar-refractivity contribution in [3.63, 3.8) is 0 Å². The molecule has 0 aliphatic rings. The fourth-order valence-electron chi connectivity index (χ4n) is 2.06. The summed E-state index contributed by atoms with van der Waals surface area (Å²) in [5.74, 6) is 0.260. The Morgan fingerprint density at radius 2 is 2.12 bits per heavy atom. The van der Waals surface area contributed by atoms with Crippen molar-refractivity contribution in [2.45, 2.75) is 33.3 Å². The number of carbonyl (C=O) groups excluding carboxylic acids is 1. The Morgan fingerprint density at radius 1 is 1.42 bits per heavy atom. The number of rotatable bonds is 4. The Bertz CT molecular complexity index is 775. The highest BCUT2D eigenvalue weighted by Crippen LogP contribution is 2.27. The van der Waals surface area contributed by atoms with Gasteiger partial charge in [0.05, 0.1) is 11.9 Å². The van der Waals surface area contributed by atoms with Crippen molar-refractivity contribution in [1.29, 1.82) is 0 Å². The number of hydrogen-bond donors (Lipinski definition) is 1. The van der Waals surface area contributed by atoms with Crippen molar-refractivity contribution >= 4 is 29.3 Å². The first-order valence-electron chi connectivity index (χ1n) is 7.48. The van der Waals surface area contributed by atoms with Crippen LogP contribution in [0.15, 0.2) is 24.5 Å². The molecule has 0 fully saturated rings. The van der Waals surface area contributed by atoms with E-state index in [2.05, 4.69) is 15.4 Å². The molecule has 0 spiro atoms. The Hall–Kier alpha value is -2.34. The number of anilines is 1. The number of ether oxygens (including phenoxy) is 1. The summed E-state index contributed by atoms with van der Waals surface area (Å²) in [6, 6.07) is 1.71. The van der Waals surface area contributed by atoms with Crippen LogP contribution in [-0.2, 0) is 11.8 Å². The normalized spacial score (nSPS) is 11.8. The van der Waals surface area contributed by atoms with Crippen molar-refractivity contribution in [2.24, 2.45) is 7.05 Å². The third-order valence-electron chi connectivity index (χ3n) is 3.05. The first-order chi connectivity index (χ1) is 11.2. The monoisotopic (exact) mass is 348 g/mol. The van der Waals surface area contributed by atoms with Gasteiger partial charge < -0.3 is 10.1 Å². The molecule has 0 aliphatic heterocycles. The van der Waals surface area contributed by atoms with Crippen LogP contribution in [-0.4, -0.2) is 26.3 Å². The van der Waals surface area contributed by atoms with Crippen molar-refractivity contribution in [2.75, 3.05) is 5.32 Å². The van der Waals surface area contributed by atoms with E-state index in [4.69, 9.17) is 16.3 Å². The molecule has 0 unspecified atom stereocenters. The minimum absolute atomic E-state index is 0.305. The van der Waals surface area contributed by atoms with Crippen LogP contribution in [0.5, 0.6) is 5.75 Å². The molecule has 24 heavy (non-hydrogen) atoms. The second-order valence-electron chi connectivity index (χ2n) is 6.32. The van der Waals surface area contributed by atoms with E-state index in [1.54, 1.807) is 36.3 Å². The number of nitrogens with one attached hydrogen (secondary N) is 1. The SMILES string of the molecule is Cc1nn(C)c(Cl)c1/C=C/C(=O)Nc1cnccc1OC(C)(C)C. The summed E-state index contributed by atoms with van der Waals surface area (Å²) in [6.45, 7) is 7.64. The molecule has 1 N–H and O–H groups in total. The van der Waals surface area contributed by atoms with Crippen LogP contribution in [0.4, 0.5) is 5.69 Å². The Balaban J connectivity index is 2.14. The van der Waals surface area contributed by atoms with Crippen LogP contribution in [0, 0.1) is 6.92 Å². The molecule has 2 aromatic rings. The highest BCUT2D eigenvalue weighted by Gasteiger charge is 2.15. The van der Waals surface area contributed by atoms with E-state index in [1.165, 1.54) is 6.08 Å². The smallest absolute Gasteiger partial charge is 0.248 e. The number of amides is 1. The van der Waals surface area contributed by atoms with E-state index >= 15 is 0 Å². The third-order valence-corrected chi connectivity index (χ3v) is 3.50. The molecule has 0 aliphatic carbocycles. The summed E-state index contributed by atoms with van der Waals surface area (Å²) in [5, 5.41) is 7.45. The molecule has 6 nitrogen and oxygen atoms in total. The van der Waals surface area contributed by atoms with Crippen molar-refractivity contribution < 1.29 is 9.53 Å². The molecule has 2 heterocycles. The van der Waals surface area contributed by atoms with Crippen molar-refractivity contribution in [1.82, 2.24) is 14.8 Å². The molecule has 128 valence electrons. The summed E-state index contributed by atoms with van der Waals surface area (Å²) >= 11 is 6.14. The van der Waals surface area contributed by atoms with Crippen LogP contribution in [0.2, 0.25) is 5.15 Å². The van der Waals surface area contributed by atoms with E-state index in [0.29, 0.717) is 22.2 Å². The van der Waals surface area contributed by atoms with Gasteiger partial charge in [0.25, 0.3) is 0 Å². The first kappa shape index (κ1) is 18.0. The maximum absolute atomic E-state index is 12.2. The molecule has 7 heteroatoms. The lowest BCUT2D eigenvalue weighted by Gasteiger charge is -2.22. The Labute approximate surface area is 146 Å². The zero-order chi connectivity index (χ0) is 17.9. The van der Waals surface area contributed by atoms with Gasteiger partial charge >= 0.3 is 0 Å². The number of carbonyl (C=O) groups is 1. The zero-order valence-electron chi connectivity index (χ0n) is 14.4. The Morgan fingerprint density at radius 3 is 2.71 bits per heavy atom. The third kappa shape index (κ3) is 4.58. The number of aromatic nitrogens is 3. The van der Waals surface area contributed by atoms with Crippen LogP contribution >= 0.6 is 11.6 Å². The Kier molecular flexibility index (Phi) is 5.29. The first-order valence-corrected chi connectivity index (χ1v) is 7.86. The highest BCUT2D eigenvalue weighted by molar-refractivity contribution is 6.31. The van der Waals surface area contributed by atoms with Gasteiger partial charge in [0.15, 0.2) is 0 Å². The van der Waals surface area contributed by atoms with E-state index in [0.717, 1.165) is 5.69 Å². The van der Waals surface area contributed by atoms with Gasteiger partial charge in [0, 0.05) is 31.0 Å². The topological polar surface area (TPSA) is 69.0 Å². The highest BCUT2D eigenvalue weighted by atomic mass is 35.5. The second-order valence-corrected chi connectivity index (χ2v) is 6.68. The summed E-state index contributed by atoms with van der Waals surface area (Å²) in [6.07, 6.45) is 6.21. The number of halogens is 1.